The van der Waals surface area contributed by atoms with Gasteiger partial charge in [0.2, 0.25) is 0 Å². The topological polar surface area (TPSA) is 80.4 Å². The van der Waals surface area contributed by atoms with E-state index in [4.69, 9.17) is 9.52 Å². The van der Waals surface area contributed by atoms with Crippen LogP contribution in [0.3, 0.4) is 0 Å². The minimum absolute atomic E-state index is 0.00698. The lowest BCUT2D eigenvalue weighted by Crippen LogP contribution is -2.46. The van der Waals surface area contributed by atoms with Gasteiger partial charge in [-0.2, -0.15) is 5.10 Å². The van der Waals surface area contributed by atoms with Crippen LogP contribution in [0.1, 0.15) is 33.9 Å². The highest BCUT2D eigenvalue weighted by Crippen LogP contribution is 2.26. The predicted molar refractivity (Wildman–Crippen MR) is 122 cm³/mol. The van der Waals surface area contributed by atoms with Gasteiger partial charge in [0.1, 0.15) is 11.4 Å². The molecule has 1 aromatic carbocycles. The Morgan fingerprint density at radius 3 is 2.53 bits per heavy atom. The molecule has 0 aliphatic carbocycles. The van der Waals surface area contributed by atoms with Gasteiger partial charge in [-0.15, -0.1) is 11.3 Å². The SMILES string of the molecule is O=C(NC1CCN(C(=O)c2ccco2)CC1)c1cc(-c2cccs2)nn1-c1ccccc1. The van der Waals surface area contributed by atoms with E-state index in [2.05, 4.69) is 5.32 Å². The number of para-hydroxylation sites is 1. The Kier molecular flexibility index (Phi) is 5.60. The summed E-state index contributed by atoms with van der Waals surface area (Å²) in [7, 11) is 0. The number of piperidine rings is 1. The number of carbonyl (C=O) groups excluding carboxylic acids is 2. The monoisotopic (exact) mass is 446 g/mol. The molecule has 0 radical (unpaired) electrons. The van der Waals surface area contributed by atoms with Crippen molar-refractivity contribution in [3.05, 3.63) is 83.8 Å². The predicted octanol–water partition coefficient (Wildman–Crippen LogP) is 4.23. The van der Waals surface area contributed by atoms with E-state index in [9.17, 15) is 9.59 Å². The fourth-order valence-corrected chi connectivity index (χ4v) is 4.58. The standard InChI is InChI=1S/C24H22N4O3S/c29-23(25-17-10-12-27(13-11-17)24(30)21-8-4-14-31-21)20-16-19(22-9-5-15-32-22)26-28(20)18-6-2-1-3-7-18/h1-9,14-17H,10-13H2,(H,25,29). The molecule has 162 valence electrons. The Balaban J connectivity index is 1.31. The smallest absolute Gasteiger partial charge is 0.289 e. The molecule has 0 atom stereocenters. The average molecular weight is 447 g/mol. The summed E-state index contributed by atoms with van der Waals surface area (Å²) < 4.78 is 6.91. The zero-order chi connectivity index (χ0) is 21.9. The molecule has 7 nitrogen and oxygen atoms in total. The van der Waals surface area contributed by atoms with Gasteiger partial charge in [-0.05, 0) is 54.6 Å². The number of thiophene rings is 1. The number of nitrogens with one attached hydrogen (secondary N) is 1. The highest BCUT2D eigenvalue weighted by atomic mass is 32.1. The van der Waals surface area contributed by atoms with Gasteiger partial charge in [0.05, 0.1) is 16.8 Å². The van der Waals surface area contributed by atoms with Crippen molar-refractivity contribution in [2.45, 2.75) is 18.9 Å². The van der Waals surface area contributed by atoms with E-state index < -0.39 is 0 Å². The second-order valence-electron chi connectivity index (χ2n) is 7.66. The largest absolute Gasteiger partial charge is 0.459 e. The Hall–Kier alpha value is -3.65. The van der Waals surface area contributed by atoms with Crippen LogP contribution in [0.15, 0.2) is 76.7 Å². The first-order valence-corrected chi connectivity index (χ1v) is 11.4. The van der Waals surface area contributed by atoms with Crippen molar-refractivity contribution in [1.82, 2.24) is 20.0 Å². The van der Waals surface area contributed by atoms with E-state index in [1.54, 1.807) is 33.1 Å². The minimum atomic E-state index is -0.167. The number of aromatic nitrogens is 2. The van der Waals surface area contributed by atoms with E-state index in [1.807, 2.05) is 53.9 Å². The minimum Gasteiger partial charge on any atom is -0.459 e. The number of rotatable bonds is 5. The Bertz CT molecular complexity index is 1190. The molecule has 2 amide bonds. The van der Waals surface area contributed by atoms with E-state index in [-0.39, 0.29) is 17.9 Å². The molecule has 5 rings (SSSR count). The number of benzene rings is 1. The van der Waals surface area contributed by atoms with Crippen LogP contribution in [0.2, 0.25) is 0 Å². The molecule has 3 aromatic heterocycles. The number of likely N-dealkylation sites (tertiary alicyclic amines) is 1. The number of hydrogen-bond acceptors (Lipinski definition) is 5. The van der Waals surface area contributed by atoms with E-state index in [0.29, 0.717) is 37.4 Å². The number of amides is 2. The van der Waals surface area contributed by atoms with Gasteiger partial charge in [-0.1, -0.05) is 24.3 Å². The molecule has 1 fully saturated rings. The maximum absolute atomic E-state index is 13.2. The lowest BCUT2D eigenvalue weighted by atomic mass is 10.0. The fraction of sp³-hybridized carbons (Fsp3) is 0.208. The molecule has 0 spiro atoms. The molecule has 4 aromatic rings. The molecule has 1 aliphatic heterocycles. The Morgan fingerprint density at radius 1 is 1.03 bits per heavy atom. The van der Waals surface area contributed by atoms with Crippen LogP contribution in [0, 0.1) is 0 Å². The second kappa shape index (κ2) is 8.84. The molecular formula is C24H22N4O3S. The van der Waals surface area contributed by atoms with Gasteiger partial charge in [-0.25, -0.2) is 4.68 Å². The van der Waals surface area contributed by atoms with Crippen LogP contribution in [0.5, 0.6) is 0 Å². The quantitative estimate of drug-likeness (QED) is 0.498. The first-order valence-electron chi connectivity index (χ1n) is 10.5. The summed E-state index contributed by atoms with van der Waals surface area (Å²) in [5.41, 5.74) is 2.10. The number of hydrogen-bond donors (Lipinski definition) is 1. The van der Waals surface area contributed by atoms with Crippen molar-refractivity contribution in [2.75, 3.05) is 13.1 Å². The molecule has 1 saturated heterocycles. The summed E-state index contributed by atoms with van der Waals surface area (Å²) in [5, 5.41) is 9.84. The second-order valence-corrected chi connectivity index (χ2v) is 8.60. The van der Waals surface area contributed by atoms with Gasteiger partial charge >= 0.3 is 0 Å². The van der Waals surface area contributed by atoms with Crippen LogP contribution >= 0.6 is 11.3 Å². The van der Waals surface area contributed by atoms with Crippen LogP contribution in [0.25, 0.3) is 16.3 Å². The number of nitrogens with zero attached hydrogens (tertiary/aromatic N) is 3. The van der Waals surface area contributed by atoms with Crippen LogP contribution < -0.4 is 5.32 Å². The molecule has 1 aliphatic rings. The molecular weight excluding hydrogens is 424 g/mol. The fourth-order valence-electron chi connectivity index (χ4n) is 3.90. The Labute approximate surface area is 189 Å². The molecule has 4 heterocycles. The number of carbonyl (C=O) groups is 2. The molecule has 8 heteroatoms. The van der Waals surface area contributed by atoms with Crippen LogP contribution in [-0.2, 0) is 0 Å². The summed E-state index contributed by atoms with van der Waals surface area (Å²) in [6.45, 7) is 1.14. The van der Waals surface area contributed by atoms with Crippen molar-refractivity contribution in [3.8, 4) is 16.3 Å². The zero-order valence-electron chi connectivity index (χ0n) is 17.3. The summed E-state index contributed by atoms with van der Waals surface area (Å²) in [6, 6.07) is 18.8. The van der Waals surface area contributed by atoms with E-state index in [0.717, 1.165) is 16.3 Å². The van der Waals surface area contributed by atoms with E-state index >= 15 is 0 Å². The summed E-state index contributed by atoms with van der Waals surface area (Å²) in [5.74, 6) is 0.0721. The summed E-state index contributed by atoms with van der Waals surface area (Å²) >= 11 is 1.59. The Morgan fingerprint density at radius 2 is 1.84 bits per heavy atom. The van der Waals surface area contributed by atoms with Gasteiger partial charge in [-0.3, -0.25) is 9.59 Å². The van der Waals surface area contributed by atoms with Crippen LogP contribution in [-0.4, -0.2) is 45.6 Å². The van der Waals surface area contributed by atoms with Crippen molar-refractivity contribution in [1.29, 1.82) is 0 Å². The van der Waals surface area contributed by atoms with E-state index in [1.165, 1.54) is 6.26 Å². The maximum Gasteiger partial charge on any atom is 0.289 e. The van der Waals surface area contributed by atoms with Crippen molar-refractivity contribution >= 4 is 23.2 Å². The molecule has 0 unspecified atom stereocenters. The number of furan rings is 1. The lowest BCUT2D eigenvalue weighted by molar-refractivity contribution is 0.0667. The molecule has 0 bridgehead atoms. The molecule has 32 heavy (non-hydrogen) atoms. The third kappa shape index (κ3) is 4.09. The maximum atomic E-state index is 13.2. The van der Waals surface area contributed by atoms with Gasteiger partial charge < -0.3 is 14.6 Å². The highest BCUT2D eigenvalue weighted by Gasteiger charge is 2.27. The summed E-state index contributed by atoms with van der Waals surface area (Å²) in [4.78, 5) is 28.5. The third-order valence-electron chi connectivity index (χ3n) is 5.57. The van der Waals surface area contributed by atoms with Crippen molar-refractivity contribution in [2.24, 2.45) is 0 Å². The van der Waals surface area contributed by atoms with Crippen LogP contribution in [0.4, 0.5) is 0 Å². The van der Waals surface area contributed by atoms with Gasteiger partial charge in [0, 0.05) is 19.1 Å². The summed E-state index contributed by atoms with van der Waals surface area (Å²) in [6.07, 6.45) is 2.88. The normalized spacial score (nSPS) is 14.4. The third-order valence-corrected chi connectivity index (χ3v) is 6.46. The first-order chi connectivity index (χ1) is 15.7. The lowest BCUT2D eigenvalue weighted by Gasteiger charge is -2.31. The van der Waals surface area contributed by atoms with Crippen molar-refractivity contribution < 1.29 is 14.0 Å². The molecule has 1 N–H and O–H groups in total. The average Bonchev–Trinajstić information content (AvgIpc) is 3.61. The van der Waals surface area contributed by atoms with Gasteiger partial charge in [0.25, 0.3) is 11.8 Å². The zero-order valence-corrected chi connectivity index (χ0v) is 18.1. The van der Waals surface area contributed by atoms with Crippen molar-refractivity contribution in [3.63, 3.8) is 0 Å². The van der Waals surface area contributed by atoms with Gasteiger partial charge in [0.15, 0.2) is 5.76 Å². The molecule has 0 saturated carbocycles. The highest BCUT2D eigenvalue weighted by molar-refractivity contribution is 7.13. The first kappa shape index (κ1) is 20.3.